The molecule has 0 spiro atoms. The molecular weight excluding hydrogens is 311 g/mol. The highest BCUT2D eigenvalue weighted by Gasteiger charge is 2.14. The van der Waals surface area contributed by atoms with E-state index in [1.807, 2.05) is 19.1 Å². The Kier molecular flexibility index (Phi) is 3.85. The molecule has 2 rings (SSSR count). The van der Waals surface area contributed by atoms with Crippen molar-refractivity contribution < 1.29 is 9.13 Å². The van der Waals surface area contributed by atoms with Gasteiger partial charge in [0, 0.05) is 4.47 Å². The monoisotopic (exact) mass is 322 g/mol. The van der Waals surface area contributed by atoms with E-state index < -0.39 is 5.82 Å². The Balaban J connectivity index is 2.44. The van der Waals surface area contributed by atoms with Crippen LogP contribution in [0.2, 0.25) is 0 Å². The number of hydrogen-bond acceptors (Lipinski definition) is 2. The van der Waals surface area contributed by atoms with E-state index in [0.717, 1.165) is 10.0 Å². The maximum atomic E-state index is 13.7. The SMILES string of the molecule is Cc1cc(Br)ccc1Oc1cccc(F)c1C(=N)N. The summed E-state index contributed by atoms with van der Waals surface area (Å²) in [6, 6.07) is 9.84. The number of rotatable bonds is 3. The van der Waals surface area contributed by atoms with Crippen LogP contribution < -0.4 is 10.5 Å². The summed E-state index contributed by atoms with van der Waals surface area (Å²) in [6.45, 7) is 1.88. The van der Waals surface area contributed by atoms with Crippen molar-refractivity contribution in [3.05, 3.63) is 57.8 Å². The van der Waals surface area contributed by atoms with Crippen LogP contribution >= 0.6 is 15.9 Å². The molecule has 0 radical (unpaired) electrons. The lowest BCUT2D eigenvalue weighted by Crippen LogP contribution is -2.14. The lowest BCUT2D eigenvalue weighted by atomic mass is 10.1. The number of amidine groups is 1. The van der Waals surface area contributed by atoms with Gasteiger partial charge in [-0.15, -0.1) is 0 Å². The first-order chi connectivity index (χ1) is 8.99. The summed E-state index contributed by atoms with van der Waals surface area (Å²) < 4.78 is 20.2. The van der Waals surface area contributed by atoms with Crippen LogP contribution in [0.15, 0.2) is 40.9 Å². The van der Waals surface area contributed by atoms with E-state index in [1.165, 1.54) is 12.1 Å². The van der Waals surface area contributed by atoms with Gasteiger partial charge in [-0.3, -0.25) is 5.41 Å². The fraction of sp³-hybridized carbons (Fsp3) is 0.0714. The number of benzene rings is 2. The van der Waals surface area contributed by atoms with E-state index in [0.29, 0.717) is 5.75 Å². The zero-order chi connectivity index (χ0) is 14.0. The molecule has 5 heteroatoms. The van der Waals surface area contributed by atoms with Crippen molar-refractivity contribution in [3.63, 3.8) is 0 Å². The molecular formula is C14H12BrFN2O. The molecule has 98 valence electrons. The second-order valence-electron chi connectivity index (χ2n) is 4.04. The van der Waals surface area contributed by atoms with Crippen molar-refractivity contribution in [3.8, 4) is 11.5 Å². The molecule has 0 aliphatic rings. The summed E-state index contributed by atoms with van der Waals surface area (Å²) in [4.78, 5) is 0. The third-order valence-electron chi connectivity index (χ3n) is 2.60. The van der Waals surface area contributed by atoms with Gasteiger partial charge in [0.25, 0.3) is 0 Å². The minimum atomic E-state index is -0.570. The Morgan fingerprint density at radius 1 is 1.26 bits per heavy atom. The molecule has 2 aromatic rings. The summed E-state index contributed by atoms with van der Waals surface area (Å²) in [5, 5.41) is 7.42. The number of aryl methyl sites for hydroxylation is 1. The molecule has 0 unspecified atom stereocenters. The fourth-order valence-electron chi connectivity index (χ4n) is 1.70. The summed E-state index contributed by atoms with van der Waals surface area (Å²) in [7, 11) is 0. The van der Waals surface area contributed by atoms with E-state index in [4.69, 9.17) is 15.9 Å². The van der Waals surface area contributed by atoms with E-state index in [9.17, 15) is 4.39 Å². The highest BCUT2D eigenvalue weighted by molar-refractivity contribution is 9.10. The Hall–Kier alpha value is -1.88. The summed E-state index contributed by atoms with van der Waals surface area (Å²) in [6.07, 6.45) is 0. The van der Waals surface area contributed by atoms with Crippen LogP contribution in [0.5, 0.6) is 11.5 Å². The van der Waals surface area contributed by atoms with Crippen molar-refractivity contribution in [2.75, 3.05) is 0 Å². The summed E-state index contributed by atoms with van der Waals surface area (Å²) in [5.41, 5.74) is 6.26. The molecule has 0 aliphatic heterocycles. The van der Waals surface area contributed by atoms with Crippen molar-refractivity contribution in [2.45, 2.75) is 6.92 Å². The van der Waals surface area contributed by atoms with Crippen LogP contribution in [0.3, 0.4) is 0 Å². The van der Waals surface area contributed by atoms with Gasteiger partial charge in [0.05, 0.1) is 5.56 Å². The predicted octanol–water partition coefficient (Wildman–Crippen LogP) is 3.97. The third kappa shape index (κ3) is 2.93. The van der Waals surface area contributed by atoms with Gasteiger partial charge in [-0.05, 0) is 42.8 Å². The molecule has 3 N–H and O–H groups in total. The second-order valence-corrected chi connectivity index (χ2v) is 4.95. The smallest absolute Gasteiger partial charge is 0.141 e. The van der Waals surface area contributed by atoms with E-state index in [2.05, 4.69) is 15.9 Å². The van der Waals surface area contributed by atoms with Gasteiger partial charge in [0.15, 0.2) is 0 Å². The summed E-state index contributed by atoms with van der Waals surface area (Å²) in [5.74, 6) is -0.100. The largest absolute Gasteiger partial charge is 0.456 e. The standard InChI is InChI=1S/C14H12BrFN2O/c1-8-7-9(15)5-6-11(8)19-12-4-2-3-10(16)13(12)14(17)18/h2-7H,1H3,(H3,17,18). The number of nitrogens with two attached hydrogens (primary N) is 1. The normalized spacial score (nSPS) is 10.3. The minimum absolute atomic E-state index is 0.0233. The molecule has 0 amide bonds. The third-order valence-corrected chi connectivity index (χ3v) is 3.09. The van der Waals surface area contributed by atoms with Gasteiger partial charge < -0.3 is 10.5 Å². The van der Waals surface area contributed by atoms with E-state index in [1.54, 1.807) is 12.1 Å². The highest BCUT2D eigenvalue weighted by atomic mass is 79.9. The van der Waals surface area contributed by atoms with Crippen molar-refractivity contribution in [1.82, 2.24) is 0 Å². The number of hydrogen-bond donors (Lipinski definition) is 2. The Morgan fingerprint density at radius 3 is 2.63 bits per heavy atom. The molecule has 0 aliphatic carbocycles. The zero-order valence-electron chi connectivity index (χ0n) is 10.2. The van der Waals surface area contributed by atoms with Gasteiger partial charge in [0.1, 0.15) is 23.2 Å². The van der Waals surface area contributed by atoms with Crippen molar-refractivity contribution >= 4 is 21.8 Å². The first kappa shape index (κ1) is 13.5. The zero-order valence-corrected chi connectivity index (χ0v) is 11.8. The maximum Gasteiger partial charge on any atom is 0.141 e. The average molecular weight is 323 g/mol. The molecule has 0 heterocycles. The molecule has 0 atom stereocenters. The Morgan fingerprint density at radius 2 is 2.00 bits per heavy atom. The maximum absolute atomic E-state index is 13.7. The highest BCUT2D eigenvalue weighted by Crippen LogP contribution is 2.30. The van der Waals surface area contributed by atoms with Crippen LogP contribution in [0.4, 0.5) is 4.39 Å². The first-order valence-electron chi connectivity index (χ1n) is 5.56. The van der Waals surface area contributed by atoms with Crippen LogP contribution in [-0.2, 0) is 0 Å². The van der Waals surface area contributed by atoms with Crippen LogP contribution in [0.25, 0.3) is 0 Å². The molecule has 0 fully saturated rings. The number of nitrogens with one attached hydrogen (secondary N) is 1. The average Bonchev–Trinajstić information content (AvgIpc) is 2.32. The first-order valence-corrected chi connectivity index (χ1v) is 6.35. The van der Waals surface area contributed by atoms with Gasteiger partial charge >= 0.3 is 0 Å². The van der Waals surface area contributed by atoms with Crippen LogP contribution in [-0.4, -0.2) is 5.84 Å². The Bertz CT molecular complexity index is 643. The van der Waals surface area contributed by atoms with Crippen LogP contribution in [0, 0.1) is 18.2 Å². The number of nitrogen functional groups attached to an aromatic ring is 1. The van der Waals surface area contributed by atoms with Crippen molar-refractivity contribution in [2.24, 2.45) is 5.73 Å². The molecule has 3 nitrogen and oxygen atoms in total. The minimum Gasteiger partial charge on any atom is -0.456 e. The predicted molar refractivity (Wildman–Crippen MR) is 76.4 cm³/mol. The van der Waals surface area contributed by atoms with Crippen LogP contribution in [0.1, 0.15) is 11.1 Å². The molecule has 0 saturated carbocycles. The topological polar surface area (TPSA) is 59.1 Å². The van der Waals surface area contributed by atoms with E-state index >= 15 is 0 Å². The lowest BCUT2D eigenvalue weighted by molar-refractivity contribution is 0.471. The Labute approximate surface area is 118 Å². The molecule has 0 aromatic heterocycles. The summed E-state index contributed by atoms with van der Waals surface area (Å²) >= 11 is 3.36. The van der Waals surface area contributed by atoms with Gasteiger partial charge in [-0.2, -0.15) is 0 Å². The molecule has 19 heavy (non-hydrogen) atoms. The molecule has 0 saturated heterocycles. The lowest BCUT2D eigenvalue weighted by Gasteiger charge is -2.12. The quantitative estimate of drug-likeness (QED) is 0.663. The van der Waals surface area contributed by atoms with Gasteiger partial charge in [-0.25, -0.2) is 4.39 Å². The fourth-order valence-corrected chi connectivity index (χ4v) is 2.17. The van der Waals surface area contributed by atoms with Gasteiger partial charge in [-0.1, -0.05) is 22.0 Å². The number of halogens is 2. The second kappa shape index (κ2) is 5.40. The molecule has 2 aromatic carbocycles. The van der Waals surface area contributed by atoms with Crippen molar-refractivity contribution in [1.29, 1.82) is 5.41 Å². The molecule has 0 bridgehead atoms. The van der Waals surface area contributed by atoms with Gasteiger partial charge in [0.2, 0.25) is 0 Å². The number of ether oxygens (including phenoxy) is 1. The van der Waals surface area contributed by atoms with E-state index in [-0.39, 0.29) is 17.1 Å².